The second-order valence-corrected chi connectivity index (χ2v) is 7.90. The van der Waals surface area contributed by atoms with Crippen LogP contribution in [0.2, 0.25) is 0 Å². The van der Waals surface area contributed by atoms with Gasteiger partial charge < -0.3 is 14.4 Å². The van der Waals surface area contributed by atoms with Gasteiger partial charge in [0, 0.05) is 31.6 Å². The third-order valence-corrected chi connectivity index (χ3v) is 5.21. The topological polar surface area (TPSA) is 93.7 Å². The molecule has 0 bridgehead atoms. The highest BCUT2D eigenvalue weighted by atomic mass is 32.2. The van der Waals surface area contributed by atoms with Crippen LogP contribution in [0.25, 0.3) is 0 Å². The molecule has 0 radical (unpaired) electrons. The Bertz CT molecular complexity index is 654. The van der Waals surface area contributed by atoms with Crippen LogP contribution in [0.1, 0.15) is 6.42 Å². The number of aromatic nitrogens is 2. The van der Waals surface area contributed by atoms with Gasteiger partial charge in [0.1, 0.15) is 12.1 Å². The summed E-state index contributed by atoms with van der Waals surface area (Å²) in [6.07, 6.45) is 3.57. The molecule has 2 aliphatic heterocycles. The lowest BCUT2D eigenvalue weighted by Crippen LogP contribution is -2.45. The van der Waals surface area contributed by atoms with E-state index < -0.39 is 10.0 Å². The molecule has 2 fully saturated rings. The minimum Gasteiger partial charge on any atom is -0.481 e. The van der Waals surface area contributed by atoms with Gasteiger partial charge in [0.25, 0.3) is 0 Å². The molecule has 3 rings (SSSR count). The van der Waals surface area contributed by atoms with Crippen LogP contribution in [0.3, 0.4) is 0 Å². The van der Waals surface area contributed by atoms with Crippen molar-refractivity contribution in [3.63, 3.8) is 0 Å². The summed E-state index contributed by atoms with van der Waals surface area (Å²) in [6, 6.07) is 1.82. The summed E-state index contributed by atoms with van der Waals surface area (Å²) < 4.78 is 36.1. The number of piperidine rings is 1. The van der Waals surface area contributed by atoms with Gasteiger partial charge in [-0.15, -0.1) is 0 Å². The van der Waals surface area contributed by atoms with Gasteiger partial charge in [-0.25, -0.2) is 23.1 Å². The monoisotopic (exact) mass is 342 g/mol. The molecule has 1 aromatic heterocycles. The average molecular weight is 342 g/mol. The number of hydrogen-bond donors (Lipinski definition) is 1. The smallest absolute Gasteiger partial charge is 0.218 e. The van der Waals surface area contributed by atoms with Gasteiger partial charge in [0.2, 0.25) is 15.9 Å². The molecule has 128 valence electrons. The lowest BCUT2D eigenvalue weighted by molar-refractivity contribution is 0.0954. The standard InChI is InChI=1S/C14H22N4O4S/c1-21-14-5-13(15-9-16-14)18-4-3-10-8-22-12(11(10)7-18)6-17-23(2,19)20/h5,9-12,17H,3-4,6-8H2,1-2H3/t10-,11-,12+/m1/s1. The highest BCUT2D eigenvalue weighted by Gasteiger charge is 2.41. The summed E-state index contributed by atoms with van der Waals surface area (Å²) in [5.41, 5.74) is 0. The molecule has 9 heteroatoms. The van der Waals surface area contributed by atoms with Crippen molar-refractivity contribution in [3.8, 4) is 5.88 Å². The van der Waals surface area contributed by atoms with Crippen LogP contribution >= 0.6 is 0 Å². The molecule has 3 heterocycles. The lowest BCUT2D eigenvalue weighted by Gasteiger charge is -2.36. The van der Waals surface area contributed by atoms with Gasteiger partial charge in [-0.2, -0.15) is 0 Å². The number of ether oxygens (including phenoxy) is 2. The predicted octanol–water partition coefficient (Wildman–Crippen LogP) is -0.124. The van der Waals surface area contributed by atoms with E-state index >= 15 is 0 Å². The van der Waals surface area contributed by atoms with Gasteiger partial charge in [0.15, 0.2) is 0 Å². The summed E-state index contributed by atoms with van der Waals surface area (Å²) in [4.78, 5) is 10.5. The second kappa shape index (κ2) is 6.58. The SMILES string of the molecule is COc1cc(N2CC[C@@H]3CO[C@@H](CNS(C)(=O)=O)[C@@H]3C2)ncn1. The quantitative estimate of drug-likeness (QED) is 0.797. The van der Waals surface area contributed by atoms with Gasteiger partial charge in [0.05, 0.1) is 26.1 Å². The van der Waals surface area contributed by atoms with Crippen molar-refractivity contribution >= 4 is 15.8 Å². The van der Waals surface area contributed by atoms with Crippen LogP contribution in [0.4, 0.5) is 5.82 Å². The third kappa shape index (κ3) is 3.91. The maximum Gasteiger partial charge on any atom is 0.218 e. The van der Waals surface area contributed by atoms with Crippen molar-refractivity contribution in [3.05, 3.63) is 12.4 Å². The number of hydrogen-bond acceptors (Lipinski definition) is 7. The van der Waals surface area contributed by atoms with Gasteiger partial charge in [-0.3, -0.25) is 0 Å². The van der Waals surface area contributed by atoms with E-state index in [1.165, 1.54) is 12.6 Å². The van der Waals surface area contributed by atoms with E-state index in [2.05, 4.69) is 19.6 Å². The van der Waals surface area contributed by atoms with Gasteiger partial charge in [-0.1, -0.05) is 0 Å². The highest BCUT2D eigenvalue weighted by Crippen LogP contribution is 2.35. The number of nitrogens with one attached hydrogen (secondary N) is 1. The average Bonchev–Trinajstić information content (AvgIpc) is 2.94. The van der Waals surface area contributed by atoms with E-state index in [0.717, 1.165) is 25.3 Å². The molecule has 2 saturated heterocycles. The van der Waals surface area contributed by atoms with Crippen molar-refractivity contribution in [2.75, 3.05) is 44.5 Å². The molecular weight excluding hydrogens is 320 g/mol. The third-order valence-electron chi connectivity index (χ3n) is 4.52. The van der Waals surface area contributed by atoms with Gasteiger partial charge >= 0.3 is 0 Å². The molecule has 0 spiro atoms. The molecule has 1 aromatic rings. The van der Waals surface area contributed by atoms with Crippen molar-refractivity contribution in [2.24, 2.45) is 11.8 Å². The van der Waals surface area contributed by atoms with Crippen molar-refractivity contribution < 1.29 is 17.9 Å². The Morgan fingerprint density at radius 3 is 3.04 bits per heavy atom. The second-order valence-electron chi connectivity index (χ2n) is 6.07. The number of anilines is 1. The van der Waals surface area contributed by atoms with Crippen molar-refractivity contribution in [1.82, 2.24) is 14.7 Å². The number of methoxy groups -OCH3 is 1. The predicted molar refractivity (Wildman–Crippen MR) is 85.0 cm³/mol. The van der Waals surface area contributed by atoms with E-state index in [-0.39, 0.29) is 6.10 Å². The molecule has 0 aromatic carbocycles. The Morgan fingerprint density at radius 2 is 2.30 bits per heavy atom. The highest BCUT2D eigenvalue weighted by molar-refractivity contribution is 7.88. The molecule has 0 amide bonds. The number of nitrogens with zero attached hydrogens (tertiary/aromatic N) is 3. The number of sulfonamides is 1. The van der Waals surface area contributed by atoms with E-state index in [0.29, 0.717) is 30.9 Å². The molecule has 0 saturated carbocycles. The molecule has 3 atom stereocenters. The number of fused-ring (bicyclic) bond motifs is 1. The van der Waals surface area contributed by atoms with E-state index in [1.54, 1.807) is 7.11 Å². The molecule has 8 nitrogen and oxygen atoms in total. The van der Waals surface area contributed by atoms with Crippen LogP contribution < -0.4 is 14.4 Å². The molecule has 2 aliphatic rings. The molecule has 0 unspecified atom stereocenters. The first kappa shape index (κ1) is 16.4. The molecule has 0 aliphatic carbocycles. The Hall–Kier alpha value is -1.45. The lowest BCUT2D eigenvalue weighted by atomic mass is 9.84. The number of rotatable bonds is 5. The molecular formula is C14H22N4O4S. The maximum atomic E-state index is 11.3. The zero-order valence-corrected chi connectivity index (χ0v) is 14.1. The van der Waals surface area contributed by atoms with Crippen LogP contribution in [0.5, 0.6) is 5.88 Å². The van der Waals surface area contributed by atoms with E-state index in [4.69, 9.17) is 9.47 Å². The molecule has 23 heavy (non-hydrogen) atoms. The van der Waals surface area contributed by atoms with Crippen LogP contribution in [-0.4, -0.2) is 64.1 Å². The zero-order chi connectivity index (χ0) is 16.4. The van der Waals surface area contributed by atoms with Gasteiger partial charge in [-0.05, 0) is 12.3 Å². The summed E-state index contributed by atoms with van der Waals surface area (Å²) >= 11 is 0. The Labute approximate surface area is 136 Å². The van der Waals surface area contributed by atoms with Crippen LogP contribution in [-0.2, 0) is 14.8 Å². The minimum absolute atomic E-state index is 0.0961. The fraction of sp³-hybridized carbons (Fsp3) is 0.714. The summed E-state index contributed by atoms with van der Waals surface area (Å²) in [5, 5.41) is 0. The summed E-state index contributed by atoms with van der Waals surface area (Å²) in [7, 11) is -1.63. The summed E-state index contributed by atoms with van der Waals surface area (Å²) in [6.45, 7) is 2.71. The normalized spacial score (nSPS) is 27.7. The summed E-state index contributed by atoms with van der Waals surface area (Å²) in [5.74, 6) is 2.13. The Balaban J connectivity index is 1.68. The van der Waals surface area contributed by atoms with Crippen LogP contribution in [0, 0.1) is 11.8 Å². The first-order valence-electron chi connectivity index (χ1n) is 7.63. The fourth-order valence-corrected chi connectivity index (χ4v) is 3.76. The Kier molecular flexibility index (Phi) is 4.69. The zero-order valence-electron chi connectivity index (χ0n) is 13.3. The van der Waals surface area contributed by atoms with E-state index in [1.807, 2.05) is 6.07 Å². The Morgan fingerprint density at radius 1 is 1.48 bits per heavy atom. The first-order valence-corrected chi connectivity index (χ1v) is 9.52. The van der Waals surface area contributed by atoms with E-state index in [9.17, 15) is 8.42 Å². The maximum absolute atomic E-state index is 11.3. The molecule has 1 N–H and O–H groups in total. The minimum atomic E-state index is -3.20. The fourth-order valence-electron chi connectivity index (χ4n) is 3.30. The van der Waals surface area contributed by atoms with Crippen molar-refractivity contribution in [1.29, 1.82) is 0 Å². The first-order chi connectivity index (χ1) is 11.0. The van der Waals surface area contributed by atoms with Crippen LogP contribution in [0.15, 0.2) is 12.4 Å². The van der Waals surface area contributed by atoms with Crippen molar-refractivity contribution in [2.45, 2.75) is 12.5 Å². The largest absolute Gasteiger partial charge is 0.481 e.